The van der Waals surface area contributed by atoms with E-state index in [4.69, 9.17) is 5.11 Å². The van der Waals surface area contributed by atoms with Gasteiger partial charge in [-0.15, -0.1) is 0 Å². The van der Waals surface area contributed by atoms with Crippen molar-refractivity contribution in [2.45, 2.75) is 19.4 Å². The van der Waals surface area contributed by atoms with E-state index in [1.807, 2.05) is 0 Å². The normalized spacial score (nSPS) is 12.0. The minimum atomic E-state index is -1.03. The van der Waals surface area contributed by atoms with E-state index in [1.54, 1.807) is 6.92 Å². The van der Waals surface area contributed by atoms with E-state index in [9.17, 15) is 13.6 Å². The van der Waals surface area contributed by atoms with E-state index < -0.39 is 17.7 Å². The summed E-state index contributed by atoms with van der Waals surface area (Å²) in [5.41, 5.74) is 0.147. The van der Waals surface area contributed by atoms with Crippen LogP contribution in [0, 0.1) is 11.6 Å². The summed E-state index contributed by atoms with van der Waals surface area (Å²) >= 11 is 0. The average molecular weight is 244 g/mol. The zero-order valence-electron chi connectivity index (χ0n) is 9.34. The summed E-state index contributed by atoms with van der Waals surface area (Å²) < 4.78 is 25.5. The van der Waals surface area contributed by atoms with E-state index in [0.29, 0.717) is 6.42 Å². The van der Waals surface area contributed by atoms with Gasteiger partial charge in [-0.3, -0.25) is 0 Å². The minimum absolute atomic E-state index is 0.147. The highest BCUT2D eigenvalue weighted by molar-refractivity contribution is 5.89. The maximum atomic E-state index is 12.8. The number of rotatable bonds is 4. The summed E-state index contributed by atoms with van der Waals surface area (Å²) in [5.74, 6) is -2.00. The van der Waals surface area contributed by atoms with Crippen molar-refractivity contribution in [3.8, 4) is 0 Å². The second-order valence-corrected chi connectivity index (χ2v) is 3.52. The molecule has 0 bridgehead atoms. The molecular weight excluding hydrogens is 230 g/mol. The Morgan fingerprint density at radius 1 is 1.41 bits per heavy atom. The van der Waals surface area contributed by atoms with Crippen molar-refractivity contribution in [2.24, 2.45) is 0 Å². The Morgan fingerprint density at radius 3 is 2.65 bits per heavy atom. The molecule has 1 unspecified atom stereocenters. The standard InChI is InChI=1S/C11H14F2N2O2/c1-2-7(6-16)14-11(17)15-8-3-4-9(12)10(13)5-8/h3-5,7,16H,2,6H2,1H3,(H2,14,15,17). The van der Waals surface area contributed by atoms with Crippen molar-refractivity contribution < 1.29 is 18.7 Å². The Morgan fingerprint density at radius 2 is 2.12 bits per heavy atom. The van der Waals surface area contributed by atoms with Gasteiger partial charge in [-0.2, -0.15) is 0 Å². The molecule has 1 aromatic rings. The first kappa shape index (κ1) is 13.4. The summed E-state index contributed by atoms with van der Waals surface area (Å²) in [6.07, 6.45) is 0.571. The van der Waals surface area contributed by atoms with Crippen molar-refractivity contribution in [1.82, 2.24) is 5.32 Å². The average Bonchev–Trinajstić information content (AvgIpc) is 2.31. The number of amides is 2. The Hall–Kier alpha value is -1.69. The molecule has 4 nitrogen and oxygen atoms in total. The number of carbonyl (C=O) groups is 1. The zero-order valence-corrected chi connectivity index (χ0v) is 9.34. The second kappa shape index (κ2) is 6.15. The molecule has 3 N–H and O–H groups in total. The predicted molar refractivity (Wildman–Crippen MR) is 59.7 cm³/mol. The van der Waals surface area contributed by atoms with Gasteiger partial charge in [0.25, 0.3) is 0 Å². The molecule has 0 heterocycles. The number of halogens is 2. The Kier molecular flexibility index (Phi) is 4.84. The third kappa shape index (κ3) is 3.99. The van der Waals surface area contributed by atoms with Gasteiger partial charge in [0.2, 0.25) is 0 Å². The van der Waals surface area contributed by atoms with Crippen LogP contribution in [0.5, 0.6) is 0 Å². The first-order valence-electron chi connectivity index (χ1n) is 5.20. The number of anilines is 1. The molecule has 0 aliphatic heterocycles. The quantitative estimate of drug-likeness (QED) is 0.757. The van der Waals surface area contributed by atoms with Gasteiger partial charge in [-0.05, 0) is 18.6 Å². The van der Waals surface area contributed by atoms with Crippen LogP contribution < -0.4 is 10.6 Å². The molecule has 0 aliphatic rings. The van der Waals surface area contributed by atoms with Crippen molar-refractivity contribution in [3.63, 3.8) is 0 Å². The van der Waals surface area contributed by atoms with E-state index >= 15 is 0 Å². The first-order valence-corrected chi connectivity index (χ1v) is 5.20. The molecule has 0 spiro atoms. The van der Waals surface area contributed by atoms with Crippen molar-refractivity contribution in [3.05, 3.63) is 29.8 Å². The van der Waals surface area contributed by atoms with Gasteiger partial charge in [0, 0.05) is 11.8 Å². The fraction of sp³-hybridized carbons (Fsp3) is 0.364. The molecule has 1 rings (SSSR count). The molecule has 0 fully saturated rings. The molecule has 0 aromatic heterocycles. The van der Waals surface area contributed by atoms with Gasteiger partial charge in [0.15, 0.2) is 11.6 Å². The number of benzene rings is 1. The number of hydrogen-bond donors (Lipinski definition) is 3. The number of aliphatic hydroxyl groups excluding tert-OH is 1. The van der Waals surface area contributed by atoms with Gasteiger partial charge < -0.3 is 15.7 Å². The van der Waals surface area contributed by atoms with Crippen LogP contribution in [-0.2, 0) is 0 Å². The summed E-state index contributed by atoms with van der Waals surface area (Å²) in [5, 5.41) is 13.7. The Labute approximate surface area is 97.6 Å². The molecule has 0 radical (unpaired) electrons. The van der Waals surface area contributed by atoms with Gasteiger partial charge in [0.05, 0.1) is 12.6 Å². The third-order valence-electron chi connectivity index (χ3n) is 2.23. The van der Waals surface area contributed by atoms with Crippen LogP contribution >= 0.6 is 0 Å². The molecule has 1 aromatic carbocycles. The van der Waals surface area contributed by atoms with Gasteiger partial charge >= 0.3 is 6.03 Å². The molecule has 17 heavy (non-hydrogen) atoms. The van der Waals surface area contributed by atoms with Gasteiger partial charge in [-0.1, -0.05) is 6.92 Å². The first-order chi connectivity index (χ1) is 8.06. The number of hydrogen-bond acceptors (Lipinski definition) is 2. The highest BCUT2D eigenvalue weighted by Gasteiger charge is 2.10. The van der Waals surface area contributed by atoms with Crippen molar-refractivity contribution in [2.75, 3.05) is 11.9 Å². The van der Waals surface area contributed by atoms with Crippen LogP contribution in [0.4, 0.5) is 19.3 Å². The summed E-state index contributed by atoms with van der Waals surface area (Å²) in [6, 6.07) is 2.12. The summed E-state index contributed by atoms with van der Waals surface area (Å²) in [4.78, 5) is 11.4. The molecule has 6 heteroatoms. The highest BCUT2D eigenvalue weighted by atomic mass is 19.2. The smallest absolute Gasteiger partial charge is 0.319 e. The third-order valence-corrected chi connectivity index (χ3v) is 2.23. The number of aliphatic hydroxyl groups is 1. The van der Waals surface area contributed by atoms with Crippen LogP contribution in [0.15, 0.2) is 18.2 Å². The molecule has 0 saturated carbocycles. The Balaban J connectivity index is 2.58. The number of carbonyl (C=O) groups excluding carboxylic acids is 1. The second-order valence-electron chi connectivity index (χ2n) is 3.52. The lowest BCUT2D eigenvalue weighted by molar-refractivity contribution is 0.222. The van der Waals surface area contributed by atoms with Crippen LogP contribution in [0.25, 0.3) is 0 Å². The van der Waals surface area contributed by atoms with Crippen LogP contribution in [0.2, 0.25) is 0 Å². The lowest BCUT2D eigenvalue weighted by Gasteiger charge is -2.14. The van der Waals surface area contributed by atoms with Crippen molar-refractivity contribution >= 4 is 11.7 Å². The largest absolute Gasteiger partial charge is 0.394 e. The van der Waals surface area contributed by atoms with E-state index in [-0.39, 0.29) is 18.3 Å². The number of urea groups is 1. The number of nitrogens with one attached hydrogen (secondary N) is 2. The fourth-order valence-electron chi connectivity index (χ4n) is 1.20. The molecule has 94 valence electrons. The Bertz CT molecular complexity index is 395. The molecule has 2 amide bonds. The lowest BCUT2D eigenvalue weighted by Crippen LogP contribution is -2.39. The maximum absolute atomic E-state index is 12.8. The van der Waals surface area contributed by atoms with E-state index in [1.165, 1.54) is 6.07 Å². The minimum Gasteiger partial charge on any atom is -0.394 e. The molecule has 1 atom stereocenters. The van der Waals surface area contributed by atoms with E-state index in [0.717, 1.165) is 12.1 Å². The zero-order chi connectivity index (χ0) is 12.8. The topological polar surface area (TPSA) is 61.4 Å². The molecule has 0 saturated heterocycles. The summed E-state index contributed by atoms with van der Waals surface area (Å²) in [6.45, 7) is 1.63. The highest BCUT2D eigenvalue weighted by Crippen LogP contribution is 2.12. The molecule has 0 aliphatic carbocycles. The van der Waals surface area contributed by atoms with Crippen LogP contribution in [-0.4, -0.2) is 23.8 Å². The van der Waals surface area contributed by atoms with E-state index in [2.05, 4.69) is 10.6 Å². The van der Waals surface area contributed by atoms with Crippen LogP contribution in [0.3, 0.4) is 0 Å². The van der Waals surface area contributed by atoms with Crippen LogP contribution in [0.1, 0.15) is 13.3 Å². The fourth-order valence-corrected chi connectivity index (χ4v) is 1.20. The molecular formula is C11H14F2N2O2. The summed E-state index contributed by atoms with van der Waals surface area (Å²) in [7, 11) is 0. The predicted octanol–water partition coefficient (Wildman–Crippen LogP) is 1.86. The monoisotopic (exact) mass is 244 g/mol. The SMILES string of the molecule is CCC(CO)NC(=O)Nc1ccc(F)c(F)c1. The van der Waals surface area contributed by atoms with Crippen molar-refractivity contribution in [1.29, 1.82) is 0 Å². The lowest BCUT2D eigenvalue weighted by atomic mass is 10.2. The van der Waals surface area contributed by atoms with Gasteiger partial charge in [-0.25, -0.2) is 13.6 Å². The van der Waals surface area contributed by atoms with Gasteiger partial charge in [0.1, 0.15) is 0 Å². The maximum Gasteiger partial charge on any atom is 0.319 e.